The highest BCUT2D eigenvalue weighted by atomic mass is 35.5. The summed E-state index contributed by atoms with van der Waals surface area (Å²) in [6.07, 6.45) is 2.29. The quantitative estimate of drug-likeness (QED) is 0.579. The fourth-order valence-corrected chi connectivity index (χ4v) is 2.89. The molecule has 0 saturated carbocycles. The van der Waals surface area contributed by atoms with Crippen LogP contribution in [0.3, 0.4) is 0 Å². The number of aromatic nitrogens is 4. The van der Waals surface area contributed by atoms with Crippen LogP contribution in [0.25, 0.3) is 5.69 Å². The van der Waals surface area contributed by atoms with Crippen molar-refractivity contribution in [1.29, 1.82) is 0 Å². The van der Waals surface area contributed by atoms with Crippen LogP contribution in [0.2, 0.25) is 5.02 Å². The Kier molecular flexibility index (Phi) is 7.15. The first-order chi connectivity index (χ1) is 14.0. The highest BCUT2D eigenvalue weighted by Gasteiger charge is 2.15. The van der Waals surface area contributed by atoms with Crippen molar-refractivity contribution in [2.75, 3.05) is 27.2 Å². The summed E-state index contributed by atoms with van der Waals surface area (Å²) in [4.78, 5) is 14.5. The lowest BCUT2D eigenvalue weighted by atomic mass is 10.0. The molecule has 0 aliphatic heterocycles. The number of nitrogens with one attached hydrogen (secondary N) is 1. The van der Waals surface area contributed by atoms with Crippen molar-refractivity contribution in [2.45, 2.75) is 12.5 Å². The minimum atomic E-state index is -0.187. The van der Waals surface area contributed by atoms with Crippen LogP contribution < -0.4 is 10.1 Å². The van der Waals surface area contributed by atoms with Gasteiger partial charge in [-0.25, -0.2) is 4.68 Å². The van der Waals surface area contributed by atoms with Crippen LogP contribution in [0, 0.1) is 0 Å². The number of ether oxygens (including phenoxy) is 1. The lowest BCUT2D eigenvalue weighted by Crippen LogP contribution is -2.34. The minimum absolute atomic E-state index is 0.0731. The van der Waals surface area contributed by atoms with Crippen molar-refractivity contribution >= 4 is 17.5 Å². The zero-order chi connectivity index (χ0) is 20.6. The molecule has 1 N–H and O–H groups in total. The molecule has 1 unspecified atom stereocenters. The first kappa shape index (κ1) is 20.8. The summed E-state index contributed by atoms with van der Waals surface area (Å²) in [5.41, 5.74) is 1.81. The van der Waals surface area contributed by atoms with Crippen LogP contribution >= 0.6 is 11.6 Å². The summed E-state index contributed by atoms with van der Waals surface area (Å²) in [5, 5.41) is 14.7. The largest absolute Gasteiger partial charge is 0.484 e. The Morgan fingerprint density at radius 1 is 1.17 bits per heavy atom. The third-order valence-corrected chi connectivity index (χ3v) is 4.54. The number of carbonyl (C=O) groups excluding carboxylic acids is 1. The molecule has 0 aliphatic carbocycles. The molecule has 0 saturated heterocycles. The number of amides is 1. The number of halogens is 1. The van der Waals surface area contributed by atoms with E-state index in [0.29, 0.717) is 10.8 Å². The van der Waals surface area contributed by atoms with E-state index in [1.54, 1.807) is 12.1 Å². The van der Waals surface area contributed by atoms with Crippen LogP contribution in [0.15, 0.2) is 54.9 Å². The summed E-state index contributed by atoms with van der Waals surface area (Å²) in [7, 11) is 4.01. The number of hydrogen-bond acceptors (Lipinski definition) is 6. The second-order valence-electron chi connectivity index (χ2n) is 6.80. The van der Waals surface area contributed by atoms with Gasteiger partial charge in [0.05, 0.1) is 11.7 Å². The highest BCUT2D eigenvalue weighted by molar-refractivity contribution is 6.30. The number of benzene rings is 2. The minimum Gasteiger partial charge on any atom is -0.484 e. The third kappa shape index (κ3) is 6.27. The van der Waals surface area contributed by atoms with Gasteiger partial charge in [-0.1, -0.05) is 23.7 Å². The number of tetrazole rings is 1. The maximum atomic E-state index is 12.5. The lowest BCUT2D eigenvalue weighted by molar-refractivity contribution is -0.123. The Morgan fingerprint density at radius 3 is 2.52 bits per heavy atom. The summed E-state index contributed by atoms with van der Waals surface area (Å²) < 4.78 is 7.16. The van der Waals surface area contributed by atoms with Crippen molar-refractivity contribution in [2.24, 2.45) is 0 Å². The zero-order valence-corrected chi connectivity index (χ0v) is 17.1. The molecular weight excluding hydrogens is 392 g/mol. The van der Waals surface area contributed by atoms with Gasteiger partial charge in [-0.3, -0.25) is 4.79 Å². The van der Waals surface area contributed by atoms with Crippen LogP contribution in [-0.4, -0.2) is 58.3 Å². The normalized spacial score (nSPS) is 12.0. The number of carbonyl (C=O) groups is 1. The van der Waals surface area contributed by atoms with Gasteiger partial charge in [0.25, 0.3) is 5.91 Å². The van der Waals surface area contributed by atoms with Crippen LogP contribution in [0.5, 0.6) is 5.75 Å². The second-order valence-corrected chi connectivity index (χ2v) is 7.24. The van der Waals surface area contributed by atoms with Crippen LogP contribution in [0.4, 0.5) is 0 Å². The van der Waals surface area contributed by atoms with Crippen LogP contribution in [-0.2, 0) is 4.79 Å². The first-order valence-electron chi connectivity index (χ1n) is 9.17. The number of hydrogen-bond donors (Lipinski definition) is 1. The fraction of sp³-hybridized carbons (Fsp3) is 0.300. The molecule has 29 heavy (non-hydrogen) atoms. The van der Waals surface area contributed by atoms with Gasteiger partial charge in [0, 0.05) is 5.02 Å². The van der Waals surface area contributed by atoms with E-state index >= 15 is 0 Å². The van der Waals surface area contributed by atoms with E-state index in [-0.39, 0.29) is 18.6 Å². The average molecular weight is 415 g/mol. The van der Waals surface area contributed by atoms with E-state index in [4.69, 9.17) is 16.3 Å². The molecule has 0 spiro atoms. The van der Waals surface area contributed by atoms with E-state index < -0.39 is 0 Å². The molecule has 1 amide bonds. The predicted octanol–water partition coefficient (Wildman–Crippen LogP) is 2.50. The predicted molar refractivity (Wildman–Crippen MR) is 110 cm³/mol. The van der Waals surface area contributed by atoms with Crippen molar-refractivity contribution < 1.29 is 9.53 Å². The third-order valence-electron chi connectivity index (χ3n) is 4.29. The van der Waals surface area contributed by atoms with Gasteiger partial charge in [-0.2, -0.15) is 0 Å². The highest BCUT2D eigenvalue weighted by Crippen LogP contribution is 2.20. The van der Waals surface area contributed by atoms with E-state index in [1.165, 1.54) is 11.0 Å². The molecular formula is C20H23ClN6O2. The van der Waals surface area contributed by atoms with E-state index in [2.05, 4.69) is 25.7 Å². The van der Waals surface area contributed by atoms with Gasteiger partial charge in [0.15, 0.2) is 6.61 Å². The lowest BCUT2D eigenvalue weighted by Gasteiger charge is -2.21. The van der Waals surface area contributed by atoms with Crippen LogP contribution in [0.1, 0.15) is 18.0 Å². The molecule has 1 aromatic heterocycles. The van der Waals surface area contributed by atoms with Gasteiger partial charge in [-0.05, 0) is 79.4 Å². The van der Waals surface area contributed by atoms with Gasteiger partial charge >= 0.3 is 0 Å². The number of rotatable bonds is 9. The van der Waals surface area contributed by atoms with Gasteiger partial charge in [0.2, 0.25) is 0 Å². The molecule has 0 radical (unpaired) electrons. The molecule has 0 aliphatic rings. The van der Waals surface area contributed by atoms with Gasteiger partial charge in [-0.15, -0.1) is 5.10 Å². The maximum Gasteiger partial charge on any atom is 0.258 e. The molecule has 1 atom stereocenters. The van der Waals surface area contributed by atoms with E-state index in [0.717, 1.165) is 24.2 Å². The fourth-order valence-electron chi connectivity index (χ4n) is 2.76. The molecule has 152 valence electrons. The molecule has 2 aromatic carbocycles. The molecule has 3 aromatic rings. The SMILES string of the molecule is CN(C)CCC(NC(=O)COc1ccc(-n2cnnn2)cc1)c1ccc(Cl)cc1. The first-order valence-corrected chi connectivity index (χ1v) is 9.55. The van der Waals surface area contributed by atoms with E-state index in [9.17, 15) is 4.79 Å². The van der Waals surface area contributed by atoms with Gasteiger partial charge in [0.1, 0.15) is 12.1 Å². The van der Waals surface area contributed by atoms with Crippen molar-refractivity contribution in [3.8, 4) is 11.4 Å². The smallest absolute Gasteiger partial charge is 0.258 e. The zero-order valence-electron chi connectivity index (χ0n) is 16.3. The topological polar surface area (TPSA) is 85.2 Å². The average Bonchev–Trinajstić information content (AvgIpc) is 3.25. The summed E-state index contributed by atoms with van der Waals surface area (Å²) in [6, 6.07) is 14.6. The molecule has 8 nitrogen and oxygen atoms in total. The Hall–Kier alpha value is -2.97. The van der Waals surface area contributed by atoms with Crippen molar-refractivity contribution in [3.63, 3.8) is 0 Å². The monoisotopic (exact) mass is 414 g/mol. The summed E-state index contributed by atoms with van der Waals surface area (Å²) in [5.74, 6) is 0.404. The Bertz CT molecular complexity index is 898. The van der Waals surface area contributed by atoms with Crippen molar-refractivity contribution in [1.82, 2.24) is 30.4 Å². The Balaban J connectivity index is 1.57. The molecule has 1 heterocycles. The second kappa shape index (κ2) is 9.99. The number of nitrogens with zero attached hydrogens (tertiary/aromatic N) is 5. The standard InChI is InChI=1S/C20H23ClN6O2/c1-26(2)12-11-19(15-3-5-16(21)6-4-15)23-20(28)13-29-18-9-7-17(8-10-18)27-14-22-24-25-27/h3-10,14,19H,11-13H2,1-2H3,(H,23,28). The maximum absolute atomic E-state index is 12.5. The summed E-state index contributed by atoms with van der Waals surface area (Å²) in [6.45, 7) is 0.767. The molecule has 0 fully saturated rings. The molecule has 3 rings (SSSR count). The Labute approximate surface area is 174 Å². The van der Waals surface area contributed by atoms with Crippen molar-refractivity contribution in [3.05, 3.63) is 65.4 Å². The van der Waals surface area contributed by atoms with Gasteiger partial charge < -0.3 is 15.0 Å². The molecule has 0 bridgehead atoms. The molecule has 9 heteroatoms. The Morgan fingerprint density at radius 2 is 1.90 bits per heavy atom. The van der Waals surface area contributed by atoms with E-state index in [1.807, 2.05) is 50.5 Å². The summed E-state index contributed by atoms with van der Waals surface area (Å²) >= 11 is 5.98.